The molecule has 0 fully saturated rings. The average molecular weight is 364 g/mol. The number of rotatable bonds is 2. The lowest BCUT2D eigenvalue weighted by Gasteiger charge is -2.06. The highest BCUT2D eigenvalue weighted by Crippen LogP contribution is 2.35. The van der Waals surface area contributed by atoms with Crippen LogP contribution in [0.25, 0.3) is 0 Å². The van der Waals surface area contributed by atoms with Crippen molar-refractivity contribution in [3.63, 3.8) is 0 Å². The van der Waals surface area contributed by atoms with Gasteiger partial charge in [0.15, 0.2) is 0 Å². The highest BCUT2D eigenvalue weighted by Gasteiger charge is 2.17. The van der Waals surface area contributed by atoms with Crippen molar-refractivity contribution in [3.8, 4) is 5.75 Å². The minimum atomic E-state index is -3.74. The molecule has 0 heterocycles. The van der Waals surface area contributed by atoms with E-state index in [1.54, 1.807) is 0 Å². The summed E-state index contributed by atoms with van der Waals surface area (Å²) in [5.41, 5.74) is 0. The molecule has 0 aromatic heterocycles. The fraction of sp³-hybridized carbons (Fsp3) is 0.143. The van der Waals surface area contributed by atoms with E-state index in [1.807, 2.05) is 0 Å². The zero-order valence-electron chi connectivity index (χ0n) is 6.92. The number of ether oxygens (including phenoxy) is 1. The Hall–Kier alpha value is 0.220. The summed E-state index contributed by atoms with van der Waals surface area (Å²) in [7, 11) is 2.96. The molecule has 0 N–H and O–H groups in total. The fourth-order valence-electron chi connectivity index (χ4n) is 0.854. The van der Waals surface area contributed by atoms with Gasteiger partial charge in [-0.2, -0.15) is 0 Å². The maximum absolute atomic E-state index is 11.1. The van der Waals surface area contributed by atoms with Gasteiger partial charge in [-0.1, -0.05) is 0 Å². The summed E-state index contributed by atoms with van der Waals surface area (Å²) >= 11 is 6.26. The lowest BCUT2D eigenvalue weighted by molar-refractivity contribution is 0.411. The first-order valence-electron chi connectivity index (χ1n) is 3.34. The maximum atomic E-state index is 11.1. The molecule has 0 bridgehead atoms. The number of hydrogen-bond acceptors (Lipinski definition) is 3. The van der Waals surface area contributed by atoms with E-state index in [1.165, 1.54) is 19.2 Å². The molecule has 78 valence electrons. The molecule has 0 saturated heterocycles. The summed E-state index contributed by atoms with van der Waals surface area (Å²) in [6.07, 6.45) is 0. The van der Waals surface area contributed by atoms with Gasteiger partial charge >= 0.3 is 0 Å². The predicted molar refractivity (Wildman–Crippen MR) is 61.4 cm³/mol. The number of benzene rings is 1. The van der Waals surface area contributed by atoms with Crippen molar-refractivity contribution in [1.82, 2.24) is 0 Å². The molecule has 0 saturated carbocycles. The highest BCUT2D eigenvalue weighted by atomic mass is 79.9. The highest BCUT2D eigenvalue weighted by molar-refractivity contribution is 9.11. The minimum absolute atomic E-state index is 0.00633. The second kappa shape index (κ2) is 4.38. The molecule has 0 amide bonds. The fourth-order valence-corrected chi connectivity index (χ4v) is 3.69. The van der Waals surface area contributed by atoms with Crippen LogP contribution in [-0.4, -0.2) is 15.5 Å². The van der Waals surface area contributed by atoms with Gasteiger partial charge < -0.3 is 4.74 Å². The number of methoxy groups -OCH3 is 1. The van der Waals surface area contributed by atoms with Gasteiger partial charge in [0.2, 0.25) is 0 Å². The SMILES string of the molecule is COc1cc(Br)c(S(=O)(=O)Cl)cc1Br. The standard InChI is InChI=1S/C7H5Br2ClO3S/c1-13-6-2-5(9)7(3-4(6)8)14(10,11)12/h2-3H,1H3. The Bertz CT molecular complexity index is 458. The van der Waals surface area contributed by atoms with E-state index >= 15 is 0 Å². The molecule has 3 nitrogen and oxygen atoms in total. The molecule has 0 aliphatic heterocycles. The second-order valence-electron chi connectivity index (χ2n) is 2.36. The van der Waals surface area contributed by atoms with Gasteiger partial charge in [0.05, 0.1) is 16.5 Å². The zero-order valence-corrected chi connectivity index (χ0v) is 11.7. The van der Waals surface area contributed by atoms with Crippen molar-refractivity contribution in [3.05, 3.63) is 21.1 Å². The van der Waals surface area contributed by atoms with E-state index in [4.69, 9.17) is 15.4 Å². The lowest BCUT2D eigenvalue weighted by Crippen LogP contribution is -1.94. The Morgan fingerprint density at radius 3 is 2.29 bits per heavy atom. The quantitative estimate of drug-likeness (QED) is 0.757. The van der Waals surface area contributed by atoms with E-state index < -0.39 is 9.05 Å². The van der Waals surface area contributed by atoms with Crippen LogP contribution < -0.4 is 4.74 Å². The summed E-state index contributed by atoms with van der Waals surface area (Å²) in [5.74, 6) is 0.529. The molecule has 1 rings (SSSR count). The summed E-state index contributed by atoms with van der Waals surface area (Å²) in [5, 5.41) is 0. The van der Waals surface area contributed by atoms with Gasteiger partial charge in [-0.05, 0) is 44.0 Å². The molecular formula is C7H5Br2ClO3S. The molecule has 0 aliphatic carbocycles. The number of hydrogen-bond donors (Lipinski definition) is 0. The van der Waals surface area contributed by atoms with Crippen LogP contribution in [0.3, 0.4) is 0 Å². The zero-order chi connectivity index (χ0) is 10.9. The van der Waals surface area contributed by atoms with Gasteiger partial charge in [-0.15, -0.1) is 0 Å². The summed E-state index contributed by atoms with van der Waals surface area (Å²) in [6, 6.07) is 2.91. The Balaban J connectivity index is 3.44. The smallest absolute Gasteiger partial charge is 0.262 e. The molecule has 0 spiro atoms. The summed E-state index contributed by atoms with van der Waals surface area (Å²) < 4.78 is 28.0. The second-order valence-corrected chi connectivity index (χ2v) is 6.60. The van der Waals surface area contributed by atoms with Crippen LogP contribution in [0.2, 0.25) is 0 Å². The van der Waals surface area contributed by atoms with E-state index in [0.29, 0.717) is 14.7 Å². The van der Waals surface area contributed by atoms with Gasteiger partial charge in [-0.3, -0.25) is 0 Å². The van der Waals surface area contributed by atoms with Crippen molar-refractivity contribution in [2.24, 2.45) is 0 Å². The first-order chi connectivity index (χ1) is 6.36. The maximum Gasteiger partial charge on any atom is 0.262 e. The van der Waals surface area contributed by atoms with Gasteiger partial charge in [-0.25, -0.2) is 8.42 Å². The van der Waals surface area contributed by atoms with Crippen LogP contribution >= 0.6 is 42.5 Å². The third kappa shape index (κ3) is 2.62. The minimum Gasteiger partial charge on any atom is -0.496 e. The molecule has 0 radical (unpaired) electrons. The molecule has 0 atom stereocenters. The Labute approximate surface area is 103 Å². The van der Waals surface area contributed by atoms with Gasteiger partial charge in [0.1, 0.15) is 5.75 Å². The van der Waals surface area contributed by atoms with Crippen LogP contribution in [0.15, 0.2) is 26.0 Å². The van der Waals surface area contributed by atoms with E-state index in [-0.39, 0.29) is 4.90 Å². The van der Waals surface area contributed by atoms with Crippen LogP contribution in [0.1, 0.15) is 0 Å². The van der Waals surface area contributed by atoms with E-state index in [9.17, 15) is 8.42 Å². The Morgan fingerprint density at radius 2 is 1.86 bits per heavy atom. The third-order valence-electron chi connectivity index (χ3n) is 1.47. The topological polar surface area (TPSA) is 43.4 Å². The Morgan fingerprint density at radius 1 is 1.29 bits per heavy atom. The monoisotopic (exact) mass is 362 g/mol. The van der Waals surface area contributed by atoms with Gasteiger partial charge in [0.25, 0.3) is 9.05 Å². The Kier molecular flexibility index (Phi) is 3.85. The first-order valence-corrected chi connectivity index (χ1v) is 7.23. The van der Waals surface area contributed by atoms with Crippen molar-refractivity contribution >= 4 is 51.6 Å². The first kappa shape index (κ1) is 12.3. The molecule has 0 unspecified atom stereocenters. The molecule has 7 heteroatoms. The van der Waals surface area contributed by atoms with Crippen LogP contribution in [0.4, 0.5) is 0 Å². The lowest BCUT2D eigenvalue weighted by atomic mass is 10.3. The summed E-state index contributed by atoms with van der Waals surface area (Å²) in [6.45, 7) is 0. The largest absolute Gasteiger partial charge is 0.496 e. The van der Waals surface area contributed by atoms with Crippen molar-refractivity contribution in [1.29, 1.82) is 0 Å². The third-order valence-corrected chi connectivity index (χ3v) is 4.37. The van der Waals surface area contributed by atoms with Crippen LogP contribution in [0.5, 0.6) is 5.75 Å². The van der Waals surface area contributed by atoms with Crippen molar-refractivity contribution in [2.45, 2.75) is 4.90 Å². The molecule has 1 aromatic rings. The predicted octanol–water partition coefficient (Wildman–Crippen LogP) is 3.15. The van der Waals surface area contributed by atoms with E-state index in [0.717, 1.165) is 0 Å². The van der Waals surface area contributed by atoms with Crippen LogP contribution in [0, 0.1) is 0 Å². The van der Waals surface area contributed by atoms with Crippen molar-refractivity contribution in [2.75, 3.05) is 7.11 Å². The van der Waals surface area contributed by atoms with Crippen LogP contribution in [-0.2, 0) is 9.05 Å². The molecule has 1 aromatic carbocycles. The number of halogens is 3. The normalized spacial score (nSPS) is 11.4. The summed E-state index contributed by atoms with van der Waals surface area (Å²) in [4.78, 5) is 0.00633. The van der Waals surface area contributed by atoms with E-state index in [2.05, 4.69) is 31.9 Å². The van der Waals surface area contributed by atoms with Crippen molar-refractivity contribution < 1.29 is 13.2 Å². The average Bonchev–Trinajstić information content (AvgIpc) is 2.06. The van der Waals surface area contributed by atoms with Gasteiger partial charge in [0, 0.05) is 15.2 Å². The molecule has 14 heavy (non-hydrogen) atoms. The molecule has 0 aliphatic rings. The molecular weight excluding hydrogens is 359 g/mol.